The summed E-state index contributed by atoms with van der Waals surface area (Å²) < 4.78 is 7.01. The van der Waals surface area contributed by atoms with Gasteiger partial charge in [0, 0.05) is 26.4 Å². The van der Waals surface area contributed by atoms with Crippen LogP contribution >= 0.6 is 15.9 Å². The van der Waals surface area contributed by atoms with Gasteiger partial charge in [-0.25, -0.2) is 4.98 Å². The number of halogens is 1. The van der Waals surface area contributed by atoms with Gasteiger partial charge in [-0.2, -0.15) is 0 Å². The summed E-state index contributed by atoms with van der Waals surface area (Å²) in [7, 11) is 1.68. The molecule has 0 atom stereocenters. The number of methoxy groups -OCH3 is 1. The fraction of sp³-hybridized carbons (Fsp3) is 0.600. The van der Waals surface area contributed by atoms with E-state index in [9.17, 15) is 4.79 Å². The van der Waals surface area contributed by atoms with Gasteiger partial charge >= 0.3 is 0 Å². The van der Waals surface area contributed by atoms with E-state index in [-0.39, 0.29) is 5.56 Å². The summed E-state index contributed by atoms with van der Waals surface area (Å²) in [6.45, 7) is 3.08. The predicted molar refractivity (Wildman–Crippen MR) is 65.6 cm³/mol. The summed E-state index contributed by atoms with van der Waals surface area (Å²) in [6.07, 6.45) is 3.96. The molecule has 1 aromatic rings. The van der Waals surface area contributed by atoms with Crippen molar-refractivity contribution >= 4 is 15.9 Å². The predicted octanol–water partition coefficient (Wildman–Crippen LogP) is 0.632. The van der Waals surface area contributed by atoms with E-state index in [1.165, 1.54) is 6.20 Å². The van der Waals surface area contributed by atoms with Crippen molar-refractivity contribution in [1.29, 1.82) is 0 Å². The van der Waals surface area contributed by atoms with Gasteiger partial charge in [0.25, 0.3) is 5.56 Å². The van der Waals surface area contributed by atoms with Crippen LogP contribution in [0.1, 0.15) is 6.42 Å². The molecule has 0 aliphatic heterocycles. The highest BCUT2D eigenvalue weighted by molar-refractivity contribution is 9.10. The first-order chi connectivity index (χ1) is 7.75. The van der Waals surface area contributed by atoms with E-state index in [4.69, 9.17) is 4.74 Å². The van der Waals surface area contributed by atoms with Crippen LogP contribution in [0.4, 0.5) is 0 Å². The Morgan fingerprint density at radius 2 is 2.38 bits per heavy atom. The standard InChI is InChI=1S/C10H16BrN3O2/c1-16-6-4-12-3-2-5-14-8-13-7-9(11)10(14)15/h7-8,12H,2-6H2,1H3. The summed E-state index contributed by atoms with van der Waals surface area (Å²) in [6, 6.07) is 0. The number of ether oxygens (including phenoxy) is 1. The Hall–Kier alpha value is -0.720. The number of aryl methyl sites for hydroxylation is 1. The van der Waals surface area contributed by atoms with Crippen LogP contribution in [0, 0.1) is 0 Å². The molecule has 90 valence electrons. The largest absolute Gasteiger partial charge is 0.383 e. The monoisotopic (exact) mass is 289 g/mol. The van der Waals surface area contributed by atoms with Crippen LogP contribution in [0.15, 0.2) is 21.8 Å². The molecule has 0 aromatic carbocycles. The summed E-state index contributed by atoms with van der Waals surface area (Å²) in [4.78, 5) is 15.5. The van der Waals surface area contributed by atoms with Crippen molar-refractivity contribution in [3.05, 3.63) is 27.4 Å². The Morgan fingerprint density at radius 3 is 3.12 bits per heavy atom. The lowest BCUT2D eigenvalue weighted by molar-refractivity contribution is 0.199. The van der Waals surface area contributed by atoms with Crippen molar-refractivity contribution in [2.75, 3.05) is 26.8 Å². The smallest absolute Gasteiger partial charge is 0.267 e. The third kappa shape index (κ3) is 4.42. The van der Waals surface area contributed by atoms with Crippen molar-refractivity contribution in [2.45, 2.75) is 13.0 Å². The lowest BCUT2D eigenvalue weighted by Crippen LogP contribution is -2.25. The van der Waals surface area contributed by atoms with Gasteiger partial charge in [0.2, 0.25) is 0 Å². The normalized spacial score (nSPS) is 10.6. The van der Waals surface area contributed by atoms with Crippen molar-refractivity contribution in [3.8, 4) is 0 Å². The minimum atomic E-state index is -0.0353. The minimum absolute atomic E-state index is 0.0353. The van der Waals surface area contributed by atoms with Gasteiger partial charge < -0.3 is 10.1 Å². The number of hydrogen-bond acceptors (Lipinski definition) is 4. The molecule has 0 saturated carbocycles. The summed E-state index contributed by atoms with van der Waals surface area (Å²) in [5.74, 6) is 0. The van der Waals surface area contributed by atoms with Crippen LogP contribution in [-0.2, 0) is 11.3 Å². The van der Waals surface area contributed by atoms with Crippen molar-refractivity contribution in [3.63, 3.8) is 0 Å². The van der Waals surface area contributed by atoms with Crippen LogP contribution in [-0.4, -0.2) is 36.4 Å². The highest BCUT2D eigenvalue weighted by Gasteiger charge is 1.99. The van der Waals surface area contributed by atoms with Gasteiger partial charge in [0.1, 0.15) is 4.47 Å². The molecule has 0 fully saturated rings. The third-order valence-electron chi connectivity index (χ3n) is 2.09. The van der Waals surface area contributed by atoms with Crippen LogP contribution in [0.3, 0.4) is 0 Å². The van der Waals surface area contributed by atoms with E-state index >= 15 is 0 Å². The summed E-state index contributed by atoms with van der Waals surface area (Å²) in [5.41, 5.74) is -0.0353. The molecule has 1 aromatic heterocycles. The second-order valence-electron chi connectivity index (χ2n) is 3.34. The zero-order valence-electron chi connectivity index (χ0n) is 9.28. The summed E-state index contributed by atoms with van der Waals surface area (Å²) in [5, 5.41) is 3.22. The Labute approximate surface area is 103 Å². The van der Waals surface area contributed by atoms with Crippen LogP contribution in [0.5, 0.6) is 0 Å². The zero-order valence-corrected chi connectivity index (χ0v) is 10.9. The maximum absolute atomic E-state index is 11.6. The molecule has 1 rings (SSSR count). The van der Waals surface area contributed by atoms with Gasteiger partial charge in [0.05, 0.1) is 12.9 Å². The first-order valence-electron chi connectivity index (χ1n) is 5.15. The Bertz CT molecular complexity index is 367. The van der Waals surface area contributed by atoms with E-state index in [1.54, 1.807) is 18.0 Å². The maximum atomic E-state index is 11.6. The van der Waals surface area contributed by atoms with Gasteiger partial charge in [-0.1, -0.05) is 0 Å². The fourth-order valence-electron chi connectivity index (χ4n) is 1.26. The molecule has 1 heterocycles. The molecular formula is C10H16BrN3O2. The zero-order chi connectivity index (χ0) is 11.8. The number of nitrogens with one attached hydrogen (secondary N) is 1. The molecule has 0 amide bonds. The molecule has 16 heavy (non-hydrogen) atoms. The minimum Gasteiger partial charge on any atom is -0.383 e. The van der Waals surface area contributed by atoms with Crippen LogP contribution in [0.25, 0.3) is 0 Å². The van der Waals surface area contributed by atoms with Crippen LogP contribution < -0.4 is 10.9 Å². The van der Waals surface area contributed by atoms with E-state index in [1.807, 2.05) is 0 Å². The van der Waals surface area contributed by atoms with Crippen molar-refractivity contribution < 1.29 is 4.74 Å². The number of nitrogens with zero attached hydrogens (tertiary/aromatic N) is 2. The molecule has 0 aliphatic carbocycles. The van der Waals surface area contributed by atoms with E-state index in [0.29, 0.717) is 17.6 Å². The quantitative estimate of drug-likeness (QED) is 0.748. The van der Waals surface area contributed by atoms with Gasteiger partial charge in [-0.15, -0.1) is 0 Å². The second-order valence-corrected chi connectivity index (χ2v) is 4.19. The molecule has 0 unspecified atom stereocenters. The SMILES string of the molecule is COCCNCCCn1cncc(Br)c1=O. The third-order valence-corrected chi connectivity index (χ3v) is 2.64. The van der Waals surface area contributed by atoms with E-state index < -0.39 is 0 Å². The number of rotatable bonds is 7. The topological polar surface area (TPSA) is 56.1 Å². The fourth-order valence-corrected chi connectivity index (χ4v) is 1.60. The lowest BCUT2D eigenvalue weighted by Gasteiger charge is -2.06. The first-order valence-corrected chi connectivity index (χ1v) is 5.94. The lowest BCUT2D eigenvalue weighted by atomic mass is 10.4. The average molecular weight is 290 g/mol. The number of hydrogen-bond donors (Lipinski definition) is 1. The van der Waals surface area contributed by atoms with Gasteiger partial charge in [-0.3, -0.25) is 9.36 Å². The van der Waals surface area contributed by atoms with E-state index in [0.717, 1.165) is 19.5 Å². The first kappa shape index (κ1) is 13.3. The van der Waals surface area contributed by atoms with Crippen molar-refractivity contribution in [1.82, 2.24) is 14.9 Å². The molecule has 0 saturated heterocycles. The molecule has 5 nitrogen and oxygen atoms in total. The van der Waals surface area contributed by atoms with Crippen molar-refractivity contribution in [2.24, 2.45) is 0 Å². The number of aromatic nitrogens is 2. The maximum Gasteiger partial charge on any atom is 0.267 e. The molecule has 0 radical (unpaired) electrons. The Balaban J connectivity index is 2.27. The van der Waals surface area contributed by atoms with Gasteiger partial charge in [0.15, 0.2) is 0 Å². The molecule has 1 N–H and O–H groups in total. The molecule has 6 heteroatoms. The second kappa shape index (κ2) is 7.54. The highest BCUT2D eigenvalue weighted by atomic mass is 79.9. The van der Waals surface area contributed by atoms with E-state index in [2.05, 4.69) is 26.2 Å². The molecule has 0 aliphatic rings. The highest BCUT2D eigenvalue weighted by Crippen LogP contribution is 1.98. The Kier molecular flexibility index (Phi) is 6.29. The van der Waals surface area contributed by atoms with Gasteiger partial charge in [-0.05, 0) is 28.9 Å². The summed E-state index contributed by atoms with van der Waals surface area (Å²) >= 11 is 3.16. The molecular weight excluding hydrogens is 274 g/mol. The average Bonchev–Trinajstić information content (AvgIpc) is 2.29. The molecule has 0 spiro atoms. The molecule has 0 bridgehead atoms. The Morgan fingerprint density at radius 1 is 1.56 bits per heavy atom. The van der Waals surface area contributed by atoms with Crippen LogP contribution in [0.2, 0.25) is 0 Å².